The molecule has 1 aromatic carbocycles. The number of piperidine rings is 1. The SMILES string of the molecule is N#Cc1cc(N2C3CCC2CC(N)C3)ccc1C(F)(F)F. The normalized spacial score (nSPS) is 28.5. The second-order valence-electron chi connectivity index (χ2n) is 5.86. The Morgan fingerprint density at radius 1 is 1.19 bits per heavy atom. The predicted octanol–water partition coefficient (Wildman–Crippen LogP) is 3.04. The third-order valence-electron chi connectivity index (χ3n) is 4.50. The molecule has 2 atom stereocenters. The number of anilines is 1. The van der Waals surface area contributed by atoms with Crippen molar-refractivity contribution < 1.29 is 13.2 Å². The van der Waals surface area contributed by atoms with E-state index >= 15 is 0 Å². The minimum Gasteiger partial charge on any atom is -0.365 e. The molecule has 0 radical (unpaired) electrons. The molecule has 2 aliphatic heterocycles. The number of nitriles is 1. The van der Waals surface area contributed by atoms with Crippen molar-refractivity contribution in [2.24, 2.45) is 5.73 Å². The van der Waals surface area contributed by atoms with Crippen LogP contribution < -0.4 is 10.6 Å². The van der Waals surface area contributed by atoms with E-state index in [0.29, 0.717) is 5.69 Å². The van der Waals surface area contributed by atoms with E-state index in [4.69, 9.17) is 11.0 Å². The van der Waals surface area contributed by atoms with Crippen LogP contribution in [0.5, 0.6) is 0 Å². The molecule has 2 unspecified atom stereocenters. The van der Waals surface area contributed by atoms with E-state index in [-0.39, 0.29) is 23.7 Å². The molecular formula is C15H16F3N3. The average Bonchev–Trinajstić information content (AvgIpc) is 2.69. The van der Waals surface area contributed by atoms with Crippen molar-refractivity contribution in [1.29, 1.82) is 5.26 Å². The number of rotatable bonds is 1. The number of hydrogen-bond donors (Lipinski definition) is 1. The Balaban J connectivity index is 1.96. The minimum atomic E-state index is -4.49. The summed E-state index contributed by atoms with van der Waals surface area (Å²) in [4.78, 5) is 2.16. The van der Waals surface area contributed by atoms with Gasteiger partial charge in [-0.15, -0.1) is 0 Å². The first kappa shape index (κ1) is 14.2. The monoisotopic (exact) mass is 295 g/mol. The molecule has 6 heteroatoms. The van der Waals surface area contributed by atoms with Gasteiger partial charge in [0.05, 0.1) is 17.2 Å². The van der Waals surface area contributed by atoms with E-state index in [1.807, 2.05) is 0 Å². The average molecular weight is 295 g/mol. The van der Waals surface area contributed by atoms with Gasteiger partial charge in [-0.05, 0) is 43.9 Å². The molecule has 2 saturated heterocycles. The summed E-state index contributed by atoms with van der Waals surface area (Å²) in [6, 6.07) is 6.26. The summed E-state index contributed by atoms with van der Waals surface area (Å²) in [6.07, 6.45) is -0.742. The highest BCUT2D eigenvalue weighted by Crippen LogP contribution is 2.41. The van der Waals surface area contributed by atoms with Crippen LogP contribution in [0.15, 0.2) is 18.2 Å². The Bertz CT molecular complexity index is 577. The fourth-order valence-electron chi connectivity index (χ4n) is 3.67. The molecule has 3 rings (SSSR count). The zero-order chi connectivity index (χ0) is 15.2. The first-order chi connectivity index (χ1) is 9.90. The molecule has 112 valence electrons. The fourth-order valence-corrected chi connectivity index (χ4v) is 3.67. The first-order valence-corrected chi connectivity index (χ1v) is 7.05. The molecule has 2 heterocycles. The van der Waals surface area contributed by atoms with Crippen molar-refractivity contribution in [3.05, 3.63) is 29.3 Å². The Morgan fingerprint density at radius 3 is 2.33 bits per heavy atom. The van der Waals surface area contributed by atoms with Crippen molar-refractivity contribution in [1.82, 2.24) is 0 Å². The second kappa shape index (κ2) is 4.92. The molecule has 2 aliphatic rings. The lowest BCUT2D eigenvalue weighted by atomic mass is 9.96. The molecule has 3 nitrogen and oxygen atoms in total. The van der Waals surface area contributed by atoms with Crippen molar-refractivity contribution in [3.63, 3.8) is 0 Å². The smallest absolute Gasteiger partial charge is 0.365 e. The molecule has 0 aliphatic carbocycles. The zero-order valence-electron chi connectivity index (χ0n) is 11.4. The third kappa shape index (κ3) is 2.46. The molecule has 2 bridgehead atoms. The Morgan fingerprint density at radius 2 is 1.81 bits per heavy atom. The summed E-state index contributed by atoms with van der Waals surface area (Å²) in [7, 11) is 0. The zero-order valence-corrected chi connectivity index (χ0v) is 11.4. The quantitative estimate of drug-likeness (QED) is 0.866. The van der Waals surface area contributed by atoms with Gasteiger partial charge in [0.25, 0.3) is 0 Å². The number of hydrogen-bond acceptors (Lipinski definition) is 3. The Hall–Kier alpha value is -1.74. The number of benzene rings is 1. The second-order valence-corrected chi connectivity index (χ2v) is 5.86. The highest BCUT2D eigenvalue weighted by Gasteiger charge is 2.40. The van der Waals surface area contributed by atoms with Crippen LogP contribution in [-0.2, 0) is 6.18 Å². The number of fused-ring (bicyclic) bond motifs is 2. The number of halogens is 3. The summed E-state index contributed by atoms with van der Waals surface area (Å²) in [5, 5.41) is 9.01. The van der Waals surface area contributed by atoms with E-state index in [0.717, 1.165) is 31.7 Å². The maximum atomic E-state index is 12.8. The Kier molecular flexibility index (Phi) is 3.33. The van der Waals surface area contributed by atoms with E-state index in [9.17, 15) is 13.2 Å². The lowest BCUT2D eigenvalue weighted by Gasteiger charge is -2.39. The van der Waals surface area contributed by atoms with Gasteiger partial charge < -0.3 is 10.6 Å². The largest absolute Gasteiger partial charge is 0.417 e. The first-order valence-electron chi connectivity index (χ1n) is 7.05. The topological polar surface area (TPSA) is 53.0 Å². The molecule has 21 heavy (non-hydrogen) atoms. The maximum absolute atomic E-state index is 12.8. The van der Waals surface area contributed by atoms with Gasteiger partial charge in [0, 0.05) is 23.8 Å². The fraction of sp³-hybridized carbons (Fsp3) is 0.533. The summed E-state index contributed by atoms with van der Waals surface area (Å²) < 4.78 is 38.5. The van der Waals surface area contributed by atoms with Crippen molar-refractivity contribution >= 4 is 5.69 Å². The van der Waals surface area contributed by atoms with Gasteiger partial charge in [-0.3, -0.25) is 0 Å². The van der Waals surface area contributed by atoms with E-state index < -0.39 is 11.7 Å². The van der Waals surface area contributed by atoms with Crippen LogP contribution >= 0.6 is 0 Å². The van der Waals surface area contributed by atoms with Gasteiger partial charge >= 0.3 is 6.18 Å². The maximum Gasteiger partial charge on any atom is 0.417 e. The third-order valence-corrected chi connectivity index (χ3v) is 4.50. The van der Waals surface area contributed by atoms with Crippen LogP contribution in [0.3, 0.4) is 0 Å². The number of nitrogens with two attached hydrogens (primary N) is 1. The van der Waals surface area contributed by atoms with E-state index in [1.165, 1.54) is 12.1 Å². The number of nitrogens with zero attached hydrogens (tertiary/aromatic N) is 2. The standard InChI is InChI=1S/C15H16F3N3/c16-15(17,18)14-4-3-11(5-9(14)8-19)21-12-1-2-13(21)7-10(20)6-12/h3-5,10,12-13H,1-2,6-7,20H2. The Labute approximate surface area is 121 Å². The van der Waals surface area contributed by atoms with Crippen LogP contribution in [0.1, 0.15) is 36.8 Å². The molecule has 0 aromatic heterocycles. The molecule has 2 N–H and O–H groups in total. The molecule has 0 amide bonds. The van der Waals surface area contributed by atoms with Crippen molar-refractivity contribution in [2.45, 2.75) is 50.0 Å². The summed E-state index contributed by atoms with van der Waals surface area (Å²) >= 11 is 0. The van der Waals surface area contributed by atoms with E-state index in [1.54, 1.807) is 6.07 Å². The highest BCUT2D eigenvalue weighted by molar-refractivity contribution is 5.57. The summed E-state index contributed by atoms with van der Waals surface area (Å²) in [5.74, 6) is 0. The number of alkyl halides is 3. The van der Waals surface area contributed by atoms with Gasteiger partial charge in [-0.25, -0.2) is 0 Å². The van der Waals surface area contributed by atoms with Crippen molar-refractivity contribution in [2.75, 3.05) is 4.90 Å². The summed E-state index contributed by atoms with van der Waals surface area (Å²) in [6.45, 7) is 0. The van der Waals surface area contributed by atoms with Crippen LogP contribution in [0.2, 0.25) is 0 Å². The van der Waals surface area contributed by atoms with Gasteiger partial charge in [0.1, 0.15) is 0 Å². The molecule has 1 aromatic rings. The lowest BCUT2D eigenvalue weighted by molar-refractivity contribution is -0.137. The van der Waals surface area contributed by atoms with Gasteiger partial charge in [-0.2, -0.15) is 18.4 Å². The minimum absolute atomic E-state index is 0.170. The van der Waals surface area contributed by atoms with E-state index in [2.05, 4.69) is 4.90 Å². The van der Waals surface area contributed by atoms with Crippen LogP contribution in [0, 0.1) is 11.3 Å². The molecule has 0 saturated carbocycles. The van der Waals surface area contributed by atoms with Gasteiger partial charge in [0.15, 0.2) is 0 Å². The molecular weight excluding hydrogens is 279 g/mol. The van der Waals surface area contributed by atoms with Gasteiger partial charge in [0.2, 0.25) is 0 Å². The highest BCUT2D eigenvalue weighted by atomic mass is 19.4. The van der Waals surface area contributed by atoms with Crippen LogP contribution in [0.25, 0.3) is 0 Å². The van der Waals surface area contributed by atoms with Crippen LogP contribution in [-0.4, -0.2) is 18.1 Å². The molecule has 0 spiro atoms. The lowest BCUT2D eigenvalue weighted by Crippen LogP contribution is -2.47. The predicted molar refractivity (Wildman–Crippen MR) is 72.7 cm³/mol. The van der Waals surface area contributed by atoms with Crippen LogP contribution in [0.4, 0.5) is 18.9 Å². The molecule has 2 fully saturated rings. The van der Waals surface area contributed by atoms with Gasteiger partial charge in [-0.1, -0.05) is 0 Å². The summed E-state index contributed by atoms with van der Waals surface area (Å²) in [5.41, 5.74) is 5.54. The van der Waals surface area contributed by atoms with Crippen molar-refractivity contribution in [3.8, 4) is 6.07 Å².